The van der Waals surface area contributed by atoms with Crippen LogP contribution in [0.2, 0.25) is 0 Å². The average molecular weight is 267 g/mol. The first-order valence-corrected chi connectivity index (χ1v) is 5.78. The smallest absolute Gasteiger partial charge is 0.0810 e. The molecule has 0 aromatic heterocycles. The number of hydrogen-bond acceptors (Lipinski definition) is 1. The fourth-order valence-corrected chi connectivity index (χ4v) is 1.95. The van der Waals surface area contributed by atoms with E-state index in [1.807, 2.05) is 32.0 Å². The minimum Gasteiger partial charge on any atom is -0.388 e. The first kappa shape index (κ1) is 12.3. The van der Waals surface area contributed by atoms with E-state index in [4.69, 9.17) is 0 Å². The molecule has 1 unspecified atom stereocenters. The van der Waals surface area contributed by atoms with Gasteiger partial charge in [-0.3, -0.25) is 0 Å². The molecule has 0 bridgehead atoms. The molecule has 1 atom stereocenters. The van der Waals surface area contributed by atoms with Crippen LogP contribution in [-0.2, 0) is 0 Å². The number of benzene rings is 1. The monoisotopic (exact) mass is 266 g/mol. The van der Waals surface area contributed by atoms with Gasteiger partial charge in [0.2, 0.25) is 0 Å². The van der Waals surface area contributed by atoms with Gasteiger partial charge in [0.25, 0.3) is 0 Å². The summed E-state index contributed by atoms with van der Waals surface area (Å²) >= 11 is 3.49. The molecule has 0 spiro atoms. The van der Waals surface area contributed by atoms with Gasteiger partial charge >= 0.3 is 0 Å². The quantitative estimate of drug-likeness (QED) is 0.830. The highest BCUT2D eigenvalue weighted by Gasteiger charge is 2.11. The standard InChI is InChI=1S/C13H15BrO/c1-3-4-5-9-12(15)11-8-6-7-10(2)13(11)14/h6-8,12,15H,5,9H2,1-2H3. The molecule has 1 rings (SSSR count). The fraction of sp³-hybridized carbons (Fsp3) is 0.385. The third-order valence-corrected chi connectivity index (χ3v) is 3.38. The van der Waals surface area contributed by atoms with E-state index in [1.165, 1.54) is 0 Å². The van der Waals surface area contributed by atoms with Gasteiger partial charge in [-0.2, -0.15) is 0 Å². The van der Waals surface area contributed by atoms with Crippen molar-refractivity contribution in [2.45, 2.75) is 32.8 Å². The van der Waals surface area contributed by atoms with Gasteiger partial charge in [-0.15, -0.1) is 11.8 Å². The lowest BCUT2D eigenvalue weighted by Crippen LogP contribution is -1.99. The number of aliphatic hydroxyl groups is 1. The van der Waals surface area contributed by atoms with Crippen molar-refractivity contribution in [3.05, 3.63) is 33.8 Å². The predicted octanol–water partition coefficient (Wildman–Crippen LogP) is 3.59. The highest BCUT2D eigenvalue weighted by Crippen LogP contribution is 2.28. The van der Waals surface area contributed by atoms with Crippen LogP contribution >= 0.6 is 15.9 Å². The second kappa shape index (κ2) is 5.95. The molecule has 80 valence electrons. The highest BCUT2D eigenvalue weighted by molar-refractivity contribution is 9.10. The third kappa shape index (κ3) is 3.37. The molecule has 2 heteroatoms. The number of rotatable bonds is 3. The molecule has 1 nitrogen and oxygen atoms in total. The summed E-state index contributed by atoms with van der Waals surface area (Å²) in [5, 5.41) is 9.95. The normalized spacial score (nSPS) is 11.7. The van der Waals surface area contributed by atoms with Gasteiger partial charge in [0.1, 0.15) is 0 Å². The molecule has 0 fully saturated rings. The lowest BCUT2D eigenvalue weighted by Gasteiger charge is -2.12. The maximum atomic E-state index is 9.95. The third-order valence-electron chi connectivity index (χ3n) is 2.30. The first-order chi connectivity index (χ1) is 7.16. The maximum Gasteiger partial charge on any atom is 0.0810 e. The zero-order chi connectivity index (χ0) is 11.3. The van der Waals surface area contributed by atoms with Crippen LogP contribution in [0.25, 0.3) is 0 Å². The van der Waals surface area contributed by atoms with Crippen molar-refractivity contribution in [3.8, 4) is 11.8 Å². The van der Waals surface area contributed by atoms with E-state index in [1.54, 1.807) is 0 Å². The molecule has 0 aliphatic rings. The van der Waals surface area contributed by atoms with E-state index in [2.05, 4.69) is 27.8 Å². The highest BCUT2D eigenvalue weighted by atomic mass is 79.9. The molecule has 0 amide bonds. The van der Waals surface area contributed by atoms with Crippen molar-refractivity contribution >= 4 is 15.9 Å². The SMILES string of the molecule is CC#CCCC(O)c1cccc(C)c1Br. The summed E-state index contributed by atoms with van der Waals surface area (Å²) in [6.45, 7) is 3.83. The Kier molecular flexibility index (Phi) is 4.87. The molecule has 1 aromatic carbocycles. The minimum absolute atomic E-state index is 0.430. The van der Waals surface area contributed by atoms with Crippen molar-refractivity contribution < 1.29 is 5.11 Å². The van der Waals surface area contributed by atoms with Crippen molar-refractivity contribution in [2.75, 3.05) is 0 Å². The molecule has 0 aliphatic carbocycles. The average Bonchev–Trinajstić information content (AvgIpc) is 2.22. The molecular formula is C13H15BrO. The topological polar surface area (TPSA) is 20.2 Å². The Balaban J connectivity index is 2.76. The van der Waals surface area contributed by atoms with Gasteiger partial charge in [0, 0.05) is 10.9 Å². The van der Waals surface area contributed by atoms with E-state index < -0.39 is 6.10 Å². The number of aryl methyl sites for hydroxylation is 1. The molecule has 1 N–H and O–H groups in total. The first-order valence-electron chi connectivity index (χ1n) is 4.99. The van der Waals surface area contributed by atoms with Crippen LogP contribution in [0.4, 0.5) is 0 Å². The Labute approximate surface area is 99.6 Å². The zero-order valence-corrected chi connectivity index (χ0v) is 10.6. The predicted molar refractivity (Wildman–Crippen MR) is 66.5 cm³/mol. The Morgan fingerprint density at radius 1 is 1.47 bits per heavy atom. The Morgan fingerprint density at radius 2 is 2.20 bits per heavy atom. The van der Waals surface area contributed by atoms with Gasteiger partial charge < -0.3 is 5.11 Å². The number of hydrogen-bond donors (Lipinski definition) is 1. The maximum absolute atomic E-state index is 9.95. The minimum atomic E-state index is -0.430. The van der Waals surface area contributed by atoms with E-state index >= 15 is 0 Å². The summed E-state index contributed by atoms with van der Waals surface area (Å²) in [6, 6.07) is 5.93. The molecule has 0 saturated carbocycles. The molecule has 0 heterocycles. The van der Waals surface area contributed by atoms with Crippen LogP contribution in [0.1, 0.15) is 37.0 Å². The largest absolute Gasteiger partial charge is 0.388 e. The Morgan fingerprint density at radius 3 is 2.87 bits per heavy atom. The lowest BCUT2D eigenvalue weighted by atomic mass is 10.0. The molecule has 15 heavy (non-hydrogen) atoms. The second-order valence-corrected chi connectivity index (χ2v) is 4.25. The second-order valence-electron chi connectivity index (χ2n) is 3.46. The van der Waals surface area contributed by atoms with Gasteiger partial charge in [-0.05, 0) is 31.4 Å². The van der Waals surface area contributed by atoms with Gasteiger partial charge in [-0.1, -0.05) is 34.1 Å². The van der Waals surface area contributed by atoms with Gasteiger partial charge in [0.05, 0.1) is 6.10 Å². The van der Waals surface area contributed by atoms with Crippen LogP contribution in [0.5, 0.6) is 0 Å². The zero-order valence-electron chi connectivity index (χ0n) is 9.05. The van der Waals surface area contributed by atoms with Gasteiger partial charge in [-0.25, -0.2) is 0 Å². The van der Waals surface area contributed by atoms with Crippen molar-refractivity contribution in [2.24, 2.45) is 0 Å². The van der Waals surface area contributed by atoms with Crippen molar-refractivity contribution in [3.63, 3.8) is 0 Å². The summed E-state index contributed by atoms with van der Waals surface area (Å²) < 4.78 is 1.00. The Bertz CT molecular complexity index is 387. The van der Waals surface area contributed by atoms with Crippen molar-refractivity contribution in [1.29, 1.82) is 0 Å². The van der Waals surface area contributed by atoms with Crippen LogP contribution in [0.3, 0.4) is 0 Å². The summed E-state index contributed by atoms with van der Waals surface area (Å²) in [7, 11) is 0. The number of aliphatic hydroxyl groups excluding tert-OH is 1. The van der Waals surface area contributed by atoms with E-state index in [9.17, 15) is 5.11 Å². The van der Waals surface area contributed by atoms with Crippen molar-refractivity contribution in [1.82, 2.24) is 0 Å². The Hall–Kier alpha value is -0.780. The summed E-state index contributed by atoms with van der Waals surface area (Å²) in [5.74, 6) is 5.79. The molecule has 0 saturated heterocycles. The van der Waals surface area contributed by atoms with Gasteiger partial charge in [0.15, 0.2) is 0 Å². The number of halogens is 1. The molecule has 0 radical (unpaired) electrons. The summed E-state index contributed by atoms with van der Waals surface area (Å²) in [5.41, 5.74) is 2.10. The van der Waals surface area contributed by atoms with Crippen LogP contribution in [0, 0.1) is 18.8 Å². The molecule has 1 aromatic rings. The van der Waals surface area contributed by atoms with E-state index in [0.29, 0.717) is 6.42 Å². The summed E-state index contributed by atoms with van der Waals surface area (Å²) in [4.78, 5) is 0. The molecular weight excluding hydrogens is 252 g/mol. The fourth-order valence-electron chi connectivity index (χ4n) is 1.42. The van der Waals surface area contributed by atoms with E-state index in [-0.39, 0.29) is 0 Å². The summed E-state index contributed by atoms with van der Waals surface area (Å²) in [6.07, 6.45) is 0.987. The van der Waals surface area contributed by atoms with Crippen LogP contribution in [0.15, 0.2) is 22.7 Å². The molecule has 0 aliphatic heterocycles. The lowest BCUT2D eigenvalue weighted by molar-refractivity contribution is 0.168. The van der Waals surface area contributed by atoms with Crippen LogP contribution in [-0.4, -0.2) is 5.11 Å². The van der Waals surface area contributed by atoms with Crippen LogP contribution < -0.4 is 0 Å². The van der Waals surface area contributed by atoms with E-state index in [0.717, 1.165) is 22.0 Å².